The van der Waals surface area contributed by atoms with Gasteiger partial charge in [0.2, 0.25) is 5.88 Å². The summed E-state index contributed by atoms with van der Waals surface area (Å²) in [5.41, 5.74) is 1.05. The molecule has 0 bridgehead atoms. The standard InChI is InChI=1S/C14H23N3O/c1-15-12(7-11-5-3-4-6-11)8-13-9-14(18-2)17-10-16-13/h9-12,15H,3-8H2,1-2H3. The van der Waals surface area contributed by atoms with Crippen molar-refractivity contribution < 1.29 is 4.74 Å². The van der Waals surface area contributed by atoms with Gasteiger partial charge < -0.3 is 10.1 Å². The summed E-state index contributed by atoms with van der Waals surface area (Å²) in [5.74, 6) is 1.54. The molecule has 4 nitrogen and oxygen atoms in total. The van der Waals surface area contributed by atoms with Crippen molar-refractivity contribution in [3.8, 4) is 5.88 Å². The molecular weight excluding hydrogens is 226 g/mol. The van der Waals surface area contributed by atoms with Crippen LogP contribution in [-0.2, 0) is 6.42 Å². The monoisotopic (exact) mass is 249 g/mol. The molecule has 1 fully saturated rings. The highest BCUT2D eigenvalue weighted by molar-refractivity contribution is 5.14. The molecular formula is C14H23N3O. The van der Waals surface area contributed by atoms with Crippen LogP contribution in [0.5, 0.6) is 5.88 Å². The lowest BCUT2D eigenvalue weighted by Crippen LogP contribution is -2.30. The zero-order valence-corrected chi connectivity index (χ0v) is 11.4. The maximum atomic E-state index is 5.13. The Hall–Kier alpha value is -1.16. The minimum Gasteiger partial charge on any atom is -0.481 e. The van der Waals surface area contributed by atoms with Crippen molar-refractivity contribution >= 4 is 0 Å². The zero-order valence-electron chi connectivity index (χ0n) is 11.4. The van der Waals surface area contributed by atoms with Crippen molar-refractivity contribution in [2.24, 2.45) is 5.92 Å². The average Bonchev–Trinajstić information content (AvgIpc) is 2.91. The Morgan fingerprint density at radius 3 is 2.83 bits per heavy atom. The fourth-order valence-electron chi connectivity index (χ4n) is 2.80. The van der Waals surface area contributed by atoms with Gasteiger partial charge in [0, 0.05) is 24.2 Å². The van der Waals surface area contributed by atoms with E-state index in [1.807, 2.05) is 13.1 Å². The van der Waals surface area contributed by atoms with E-state index in [0.717, 1.165) is 18.0 Å². The van der Waals surface area contributed by atoms with Crippen molar-refractivity contribution in [3.05, 3.63) is 18.1 Å². The Morgan fingerprint density at radius 1 is 1.39 bits per heavy atom. The first-order chi connectivity index (χ1) is 8.81. The van der Waals surface area contributed by atoms with Crippen LogP contribution in [0, 0.1) is 5.92 Å². The molecule has 2 rings (SSSR count). The van der Waals surface area contributed by atoms with Gasteiger partial charge in [-0.2, -0.15) is 0 Å². The number of nitrogens with zero attached hydrogens (tertiary/aromatic N) is 2. The van der Waals surface area contributed by atoms with Crippen molar-refractivity contribution in [3.63, 3.8) is 0 Å². The van der Waals surface area contributed by atoms with Crippen LogP contribution >= 0.6 is 0 Å². The molecule has 0 saturated heterocycles. The van der Waals surface area contributed by atoms with E-state index in [9.17, 15) is 0 Å². The molecule has 0 spiro atoms. The quantitative estimate of drug-likeness (QED) is 0.839. The first-order valence-electron chi connectivity index (χ1n) is 6.84. The number of aromatic nitrogens is 2. The number of rotatable bonds is 6. The Labute approximate surface area is 109 Å². The van der Waals surface area contributed by atoms with Crippen LogP contribution in [0.4, 0.5) is 0 Å². The summed E-state index contributed by atoms with van der Waals surface area (Å²) < 4.78 is 5.13. The van der Waals surface area contributed by atoms with Gasteiger partial charge in [0.25, 0.3) is 0 Å². The second kappa shape index (κ2) is 6.69. The van der Waals surface area contributed by atoms with Crippen LogP contribution in [0.3, 0.4) is 0 Å². The summed E-state index contributed by atoms with van der Waals surface area (Å²) in [6.45, 7) is 0. The highest BCUT2D eigenvalue weighted by atomic mass is 16.5. The molecule has 1 aliphatic carbocycles. The number of ether oxygens (including phenoxy) is 1. The summed E-state index contributed by atoms with van der Waals surface area (Å²) in [4.78, 5) is 8.36. The lowest BCUT2D eigenvalue weighted by atomic mass is 9.95. The minimum atomic E-state index is 0.507. The molecule has 0 radical (unpaired) electrons. The number of nitrogens with one attached hydrogen (secondary N) is 1. The van der Waals surface area contributed by atoms with Crippen LogP contribution in [-0.4, -0.2) is 30.2 Å². The summed E-state index contributed by atoms with van der Waals surface area (Å²) in [6, 6.07) is 2.44. The van der Waals surface area contributed by atoms with E-state index in [2.05, 4.69) is 15.3 Å². The van der Waals surface area contributed by atoms with Gasteiger partial charge in [-0.15, -0.1) is 0 Å². The average molecular weight is 249 g/mol. The third kappa shape index (κ3) is 3.67. The molecule has 0 aromatic carbocycles. The van der Waals surface area contributed by atoms with Gasteiger partial charge in [-0.05, 0) is 19.4 Å². The molecule has 0 aliphatic heterocycles. The van der Waals surface area contributed by atoms with Crippen molar-refractivity contribution in [1.82, 2.24) is 15.3 Å². The van der Waals surface area contributed by atoms with Crippen LogP contribution in [0.2, 0.25) is 0 Å². The van der Waals surface area contributed by atoms with Gasteiger partial charge >= 0.3 is 0 Å². The Morgan fingerprint density at radius 2 is 2.17 bits per heavy atom. The molecule has 1 unspecified atom stereocenters. The van der Waals surface area contributed by atoms with Gasteiger partial charge in [0.15, 0.2) is 0 Å². The number of hydrogen-bond donors (Lipinski definition) is 1. The number of hydrogen-bond acceptors (Lipinski definition) is 4. The molecule has 18 heavy (non-hydrogen) atoms. The lowest BCUT2D eigenvalue weighted by Gasteiger charge is -2.19. The first kappa shape index (κ1) is 13.3. The molecule has 1 aromatic heterocycles. The predicted molar refractivity (Wildman–Crippen MR) is 71.7 cm³/mol. The van der Waals surface area contributed by atoms with Crippen molar-refractivity contribution in [2.75, 3.05) is 14.2 Å². The zero-order chi connectivity index (χ0) is 12.8. The van der Waals surface area contributed by atoms with Crippen LogP contribution in [0.25, 0.3) is 0 Å². The molecule has 1 atom stereocenters. The molecule has 0 amide bonds. The van der Waals surface area contributed by atoms with E-state index in [4.69, 9.17) is 4.74 Å². The second-order valence-corrected chi connectivity index (χ2v) is 5.13. The highest BCUT2D eigenvalue weighted by Crippen LogP contribution is 2.29. The molecule has 4 heteroatoms. The van der Waals surface area contributed by atoms with Crippen LogP contribution in [0.1, 0.15) is 37.8 Å². The van der Waals surface area contributed by atoms with E-state index in [0.29, 0.717) is 11.9 Å². The summed E-state index contributed by atoms with van der Waals surface area (Å²) in [7, 11) is 3.68. The molecule has 1 aliphatic rings. The van der Waals surface area contributed by atoms with Crippen molar-refractivity contribution in [1.29, 1.82) is 0 Å². The number of likely N-dealkylation sites (N-methyl/N-ethyl adjacent to an activating group) is 1. The first-order valence-corrected chi connectivity index (χ1v) is 6.84. The lowest BCUT2D eigenvalue weighted by molar-refractivity contribution is 0.389. The van der Waals surface area contributed by atoms with E-state index in [-0.39, 0.29) is 0 Å². The molecule has 1 aromatic rings. The molecule has 100 valence electrons. The molecule has 1 N–H and O–H groups in total. The van der Waals surface area contributed by atoms with Gasteiger partial charge in [0.05, 0.1) is 7.11 Å². The maximum Gasteiger partial charge on any atom is 0.216 e. The largest absolute Gasteiger partial charge is 0.481 e. The Bertz CT molecular complexity index is 364. The third-order valence-electron chi connectivity index (χ3n) is 3.86. The third-order valence-corrected chi connectivity index (χ3v) is 3.86. The Kier molecular flexibility index (Phi) is 4.93. The molecule has 1 heterocycles. The van der Waals surface area contributed by atoms with E-state index in [1.54, 1.807) is 13.4 Å². The second-order valence-electron chi connectivity index (χ2n) is 5.13. The van der Waals surface area contributed by atoms with Crippen LogP contribution in [0.15, 0.2) is 12.4 Å². The van der Waals surface area contributed by atoms with Gasteiger partial charge in [-0.1, -0.05) is 25.7 Å². The van der Waals surface area contributed by atoms with Crippen molar-refractivity contribution in [2.45, 2.75) is 44.6 Å². The smallest absolute Gasteiger partial charge is 0.216 e. The van der Waals surface area contributed by atoms with Gasteiger partial charge in [-0.3, -0.25) is 0 Å². The summed E-state index contributed by atoms with van der Waals surface area (Å²) >= 11 is 0. The fraction of sp³-hybridized carbons (Fsp3) is 0.714. The van der Waals surface area contributed by atoms with E-state index in [1.165, 1.54) is 32.1 Å². The van der Waals surface area contributed by atoms with Crippen LogP contribution < -0.4 is 10.1 Å². The topological polar surface area (TPSA) is 47.0 Å². The van der Waals surface area contributed by atoms with Gasteiger partial charge in [0.1, 0.15) is 6.33 Å². The van der Waals surface area contributed by atoms with E-state index >= 15 is 0 Å². The SMILES string of the molecule is CNC(Cc1cc(OC)ncn1)CC1CCCC1. The highest BCUT2D eigenvalue weighted by Gasteiger charge is 2.19. The van der Waals surface area contributed by atoms with Gasteiger partial charge in [-0.25, -0.2) is 9.97 Å². The summed E-state index contributed by atoms with van der Waals surface area (Å²) in [6.07, 6.45) is 9.38. The van der Waals surface area contributed by atoms with E-state index < -0.39 is 0 Å². The molecule has 1 saturated carbocycles. The number of methoxy groups -OCH3 is 1. The summed E-state index contributed by atoms with van der Waals surface area (Å²) in [5, 5.41) is 3.41. The maximum absolute atomic E-state index is 5.13. The Balaban J connectivity index is 1.91. The minimum absolute atomic E-state index is 0.507. The predicted octanol–water partition coefficient (Wildman–Crippen LogP) is 2.20. The fourth-order valence-corrected chi connectivity index (χ4v) is 2.80. The normalized spacial score (nSPS) is 17.9.